The molecule has 0 bridgehead atoms. The van der Waals surface area contributed by atoms with Gasteiger partial charge in [0.1, 0.15) is 5.82 Å². The van der Waals surface area contributed by atoms with Crippen molar-refractivity contribution >= 4 is 0 Å². The van der Waals surface area contributed by atoms with Crippen LogP contribution in [0, 0.1) is 5.82 Å². The summed E-state index contributed by atoms with van der Waals surface area (Å²) in [6.45, 7) is 2.19. The van der Waals surface area contributed by atoms with Gasteiger partial charge in [-0.25, -0.2) is 4.39 Å². The third-order valence-corrected chi connectivity index (χ3v) is 3.44. The molecule has 2 nitrogen and oxygen atoms in total. The highest BCUT2D eigenvalue weighted by atomic mass is 19.1. The zero-order valence-corrected chi connectivity index (χ0v) is 10.8. The predicted molar refractivity (Wildman–Crippen MR) is 70.8 cm³/mol. The first-order valence-corrected chi connectivity index (χ1v) is 6.89. The molecule has 1 saturated carbocycles. The Balaban J connectivity index is 1.82. The molecule has 0 aromatic heterocycles. The van der Waals surface area contributed by atoms with E-state index in [0.29, 0.717) is 6.04 Å². The molecule has 0 spiro atoms. The summed E-state index contributed by atoms with van der Waals surface area (Å²) < 4.78 is 13.1. The summed E-state index contributed by atoms with van der Waals surface area (Å²) in [6, 6.07) is 7.59. The number of aliphatic hydroxyl groups is 1. The fourth-order valence-corrected chi connectivity index (χ4v) is 2.30. The lowest BCUT2D eigenvalue weighted by atomic mass is 10.2. The maximum atomic E-state index is 13.1. The van der Waals surface area contributed by atoms with Crippen LogP contribution < -0.4 is 0 Å². The Morgan fingerprint density at radius 2 is 2.06 bits per heavy atom. The zero-order chi connectivity index (χ0) is 12.8. The van der Waals surface area contributed by atoms with Crippen LogP contribution in [-0.2, 0) is 6.54 Å². The van der Waals surface area contributed by atoms with Crippen molar-refractivity contribution in [3.05, 3.63) is 35.6 Å². The molecule has 0 unspecified atom stereocenters. The van der Waals surface area contributed by atoms with E-state index in [1.165, 1.54) is 18.9 Å². The topological polar surface area (TPSA) is 23.5 Å². The number of unbranched alkanes of at least 4 members (excludes halogenated alkanes) is 2. The number of halogens is 1. The standard InChI is InChI=1S/C15H22FNO/c16-14-6-4-5-13(11-14)12-17(15-7-8-15)9-2-1-3-10-18/h4-6,11,15,18H,1-3,7-10,12H2. The lowest BCUT2D eigenvalue weighted by molar-refractivity contribution is 0.238. The number of hydrogen-bond donors (Lipinski definition) is 1. The van der Waals surface area contributed by atoms with Gasteiger partial charge in [0, 0.05) is 19.2 Å². The molecule has 0 atom stereocenters. The second-order valence-electron chi connectivity index (χ2n) is 5.12. The second kappa shape index (κ2) is 6.86. The van der Waals surface area contributed by atoms with Crippen LogP contribution in [0.4, 0.5) is 4.39 Å². The molecule has 3 heteroatoms. The smallest absolute Gasteiger partial charge is 0.123 e. The van der Waals surface area contributed by atoms with Gasteiger partial charge in [0.05, 0.1) is 0 Å². The molecule has 0 saturated heterocycles. The molecular formula is C15H22FNO. The van der Waals surface area contributed by atoms with E-state index in [1.54, 1.807) is 12.1 Å². The zero-order valence-electron chi connectivity index (χ0n) is 10.8. The van der Waals surface area contributed by atoms with E-state index < -0.39 is 0 Å². The van der Waals surface area contributed by atoms with Gasteiger partial charge in [0.15, 0.2) is 0 Å². The Bertz CT molecular complexity index is 365. The van der Waals surface area contributed by atoms with Gasteiger partial charge < -0.3 is 5.11 Å². The highest BCUT2D eigenvalue weighted by Crippen LogP contribution is 2.28. The molecule has 0 amide bonds. The summed E-state index contributed by atoms with van der Waals surface area (Å²) in [4.78, 5) is 2.45. The van der Waals surface area contributed by atoms with Crippen LogP contribution in [-0.4, -0.2) is 29.2 Å². The summed E-state index contributed by atoms with van der Waals surface area (Å²) >= 11 is 0. The van der Waals surface area contributed by atoms with Crippen LogP contribution in [0.25, 0.3) is 0 Å². The van der Waals surface area contributed by atoms with Crippen LogP contribution in [0.1, 0.15) is 37.7 Å². The first-order valence-electron chi connectivity index (χ1n) is 6.89. The van der Waals surface area contributed by atoms with E-state index in [0.717, 1.165) is 37.9 Å². The first-order chi connectivity index (χ1) is 8.79. The molecule has 1 aliphatic rings. The minimum absolute atomic E-state index is 0.150. The molecule has 2 rings (SSSR count). The summed E-state index contributed by atoms with van der Waals surface area (Å²) in [6.07, 6.45) is 5.62. The highest BCUT2D eigenvalue weighted by molar-refractivity contribution is 5.16. The van der Waals surface area contributed by atoms with Crippen molar-refractivity contribution in [2.75, 3.05) is 13.2 Å². The molecule has 1 aliphatic carbocycles. The average molecular weight is 251 g/mol. The highest BCUT2D eigenvalue weighted by Gasteiger charge is 2.28. The fraction of sp³-hybridized carbons (Fsp3) is 0.600. The van der Waals surface area contributed by atoms with Gasteiger partial charge >= 0.3 is 0 Å². The van der Waals surface area contributed by atoms with E-state index in [4.69, 9.17) is 5.11 Å². The fourth-order valence-electron chi connectivity index (χ4n) is 2.30. The van der Waals surface area contributed by atoms with Crippen molar-refractivity contribution < 1.29 is 9.50 Å². The minimum atomic E-state index is -0.150. The van der Waals surface area contributed by atoms with Crippen molar-refractivity contribution in [1.82, 2.24) is 4.90 Å². The lowest BCUT2D eigenvalue weighted by Crippen LogP contribution is -2.26. The molecule has 1 N–H and O–H groups in total. The quantitative estimate of drug-likeness (QED) is 0.718. The molecule has 1 aromatic carbocycles. The molecule has 100 valence electrons. The summed E-state index contributed by atoms with van der Waals surface area (Å²) in [7, 11) is 0. The van der Waals surface area contributed by atoms with Crippen LogP contribution in [0.5, 0.6) is 0 Å². The molecule has 1 aromatic rings. The number of aliphatic hydroxyl groups excluding tert-OH is 1. The Morgan fingerprint density at radius 3 is 2.72 bits per heavy atom. The molecular weight excluding hydrogens is 229 g/mol. The largest absolute Gasteiger partial charge is 0.396 e. The van der Waals surface area contributed by atoms with Gasteiger partial charge in [-0.15, -0.1) is 0 Å². The minimum Gasteiger partial charge on any atom is -0.396 e. The summed E-state index contributed by atoms with van der Waals surface area (Å²) in [5.41, 5.74) is 1.06. The van der Waals surface area contributed by atoms with Crippen LogP contribution in [0.2, 0.25) is 0 Å². The second-order valence-corrected chi connectivity index (χ2v) is 5.12. The lowest BCUT2D eigenvalue weighted by Gasteiger charge is -2.22. The van der Waals surface area contributed by atoms with Gasteiger partial charge in [-0.2, -0.15) is 0 Å². The summed E-state index contributed by atoms with van der Waals surface area (Å²) in [5, 5.41) is 8.76. The Labute approximate surface area is 108 Å². The van der Waals surface area contributed by atoms with Crippen molar-refractivity contribution in [2.45, 2.75) is 44.7 Å². The number of hydrogen-bond acceptors (Lipinski definition) is 2. The monoisotopic (exact) mass is 251 g/mol. The molecule has 0 heterocycles. The third kappa shape index (κ3) is 4.39. The number of nitrogens with zero attached hydrogens (tertiary/aromatic N) is 1. The van der Waals surface area contributed by atoms with Gasteiger partial charge in [0.2, 0.25) is 0 Å². The van der Waals surface area contributed by atoms with E-state index in [1.807, 2.05) is 6.07 Å². The van der Waals surface area contributed by atoms with Crippen molar-refractivity contribution in [2.24, 2.45) is 0 Å². The molecule has 0 aliphatic heterocycles. The maximum absolute atomic E-state index is 13.1. The van der Waals surface area contributed by atoms with E-state index in [2.05, 4.69) is 4.90 Å². The number of rotatable bonds is 8. The normalized spacial score (nSPS) is 15.3. The van der Waals surface area contributed by atoms with E-state index in [9.17, 15) is 4.39 Å². The van der Waals surface area contributed by atoms with Crippen LogP contribution in [0.15, 0.2) is 24.3 Å². The Kier molecular flexibility index (Phi) is 5.14. The van der Waals surface area contributed by atoms with Gasteiger partial charge in [-0.1, -0.05) is 12.1 Å². The Morgan fingerprint density at radius 1 is 1.22 bits per heavy atom. The van der Waals surface area contributed by atoms with Gasteiger partial charge in [0.25, 0.3) is 0 Å². The Hall–Kier alpha value is -0.930. The van der Waals surface area contributed by atoms with E-state index >= 15 is 0 Å². The van der Waals surface area contributed by atoms with Gasteiger partial charge in [-0.05, 0) is 56.3 Å². The number of benzene rings is 1. The molecule has 1 fully saturated rings. The van der Waals surface area contributed by atoms with Crippen LogP contribution >= 0.6 is 0 Å². The first kappa shape index (κ1) is 13.5. The van der Waals surface area contributed by atoms with E-state index in [-0.39, 0.29) is 12.4 Å². The van der Waals surface area contributed by atoms with Crippen LogP contribution in [0.3, 0.4) is 0 Å². The van der Waals surface area contributed by atoms with Crippen molar-refractivity contribution in [3.63, 3.8) is 0 Å². The molecule has 18 heavy (non-hydrogen) atoms. The predicted octanol–water partition coefficient (Wildman–Crippen LogP) is 2.95. The van der Waals surface area contributed by atoms with Crippen molar-refractivity contribution in [1.29, 1.82) is 0 Å². The third-order valence-electron chi connectivity index (χ3n) is 3.44. The van der Waals surface area contributed by atoms with Crippen molar-refractivity contribution in [3.8, 4) is 0 Å². The average Bonchev–Trinajstić information content (AvgIpc) is 3.17. The molecule has 0 radical (unpaired) electrons. The summed E-state index contributed by atoms with van der Waals surface area (Å²) in [5.74, 6) is -0.150. The van der Waals surface area contributed by atoms with Gasteiger partial charge in [-0.3, -0.25) is 4.90 Å². The SMILES string of the molecule is OCCCCCN(Cc1cccc(F)c1)C1CC1. The maximum Gasteiger partial charge on any atom is 0.123 e.